The molecule has 82 valence electrons. The van der Waals surface area contributed by atoms with Crippen LogP contribution in [0.2, 0.25) is 0 Å². The van der Waals surface area contributed by atoms with Crippen LogP contribution in [0.4, 0.5) is 0 Å². The van der Waals surface area contributed by atoms with Crippen molar-refractivity contribution in [1.82, 2.24) is 19.7 Å². The van der Waals surface area contributed by atoms with Gasteiger partial charge in [0, 0.05) is 5.39 Å². The van der Waals surface area contributed by atoms with Crippen molar-refractivity contribution >= 4 is 28.6 Å². The summed E-state index contributed by atoms with van der Waals surface area (Å²) in [5.41, 5.74) is 1.56. The molecule has 3 aliphatic heterocycles. The molecule has 17 heavy (non-hydrogen) atoms. The van der Waals surface area contributed by atoms with Gasteiger partial charge < -0.3 is 0 Å². The van der Waals surface area contributed by atoms with Gasteiger partial charge in [0.05, 0.1) is 11.3 Å². The average Bonchev–Trinajstić information content (AvgIpc) is 2.88. The molecule has 3 aliphatic rings. The minimum absolute atomic E-state index is 0.0234. The number of rotatable bonds is 0. The Kier molecular flexibility index (Phi) is 1.63. The van der Waals surface area contributed by atoms with Crippen LogP contribution in [0.25, 0.3) is 22.4 Å². The van der Waals surface area contributed by atoms with Crippen molar-refractivity contribution in [1.29, 1.82) is 0 Å². The molecule has 6 heteroatoms. The maximum atomic E-state index is 11.6. The highest BCUT2D eigenvalue weighted by Crippen LogP contribution is 2.31. The molecule has 0 aromatic heterocycles. The fourth-order valence-corrected chi connectivity index (χ4v) is 2.75. The van der Waals surface area contributed by atoms with E-state index in [0.717, 1.165) is 10.9 Å². The van der Waals surface area contributed by atoms with Gasteiger partial charge in [-0.3, -0.25) is 4.79 Å². The van der Waals surface area contributed by atoms with E-state index in [4.69, 9.17) is 0 Å². The summed E-state index contributed by atoms with van der Waals surface area (Å²) in [5, 5.41) is 5.92. The molecule has 0 radical (unpaired) electrons. The second-order valence-electron chi connectivity index (χ2n) is 3.79. The number of carbonyl (C=O) groups excluding carboxylic acids is 1. The topological polar surface area (TPSA) is 60.7 Å². The van der Waals surface area contributed by atoms with E-state index >= 15 is 0 Å². The second-order valence-corrected chi connectivity index (χ2v) is 4.73. The lowest BCUT2D eigenvalue weighted by Gasteiger charge is -2.01. The molecular weight excluding hydrogens is 236 g/mol. The lowest BCUT2D eigenvalue weighted by Crippen LogP contribution is -2.14. The molecule has 1 aromatic rings. The van der Waals surface area contributed by atoms with E-state index in [1.807, 2.05) is 24.3 Å². The first-order valence-corrected chi connectivity index (χ1v) is 6.13. The molecule has 0 amide bonds. The lowest BCUT2D eigenvalue weighted by atomic mass is 10.2. The summed E-state index contributed by atoms with van der Waals surface area (Å²) in [4.78, 5) is 20.4. The van der Waals surface area contributed by atoms with Gasteiger partial charge in [0.15, 0.2) is 11.0 Å². The Hall–Kier alpha value is -1.95. The molecule has 0 spiro atoms. The standard InChI is InChI=1S/C11H6N4OS/c16-8-5-17-11-13-10-9(14-15(8)11)6-3-1-2-4-7(6)12-10/h1-4H,5H2. The molecule has 0 saturated heterocycles. The van der Waals surface area contributed by atoms with Crippen LogP contribution in [0.15, 0.2) is 29.4 Å². The molecule has 3 heterocycles. The number of hydrogen-bond donors (Lipinski definition) is 0. The summed E-state index contributed by atoms with van der Waals surface area (Å²) in [5.74, 6) is 0.995. The van der Waals surface area contributed by atoms with Crippen LogP contribution in [-0.2, 0) is 0 Å². The van der Waals surface area contributed by atoms with Crippen molar-refractivity contribution in [2.45, 2.75) is 5.16 Å². The number of hydrogen-bond acceptors (Lipinski definition) is 5. The van der Waals surface area contributed by atoms with Gasteiger partial charge in [-0.25, -0.2) is 9.97 Å². The van der Waals surface area contributed by atoms with Crippen LogP contribution in [0.5, 0.6) is 0 Å². The fourth-order valence-electron chi connectivity index (χ4n) is 1.96. The zero-order valence-electron chi connectivity index (χ0n) is 8.62. The van der Waals surface area contributed by atoms with E-state index in [0.29, 0.717) is 22.4 Å². The van der Waals surface area contributed by atoms with Crippen LogP contribution in [0.3, 0.4) is 0 Å². The molecule has 0 bridgehead atoms. The summed E-state index contributed by atoms with van der Waals surface area (Å²) < 4.78 is 1.38. The Morgan fingerprint density at radius 2 is 2.12 bits per heavy atom. The van der Waals surface area contributed by atoms with E-state index in [9.17, 15) is 4.79 Å². The van der Waals surface area contributed by atoms with E-state index in [1.54, 1.807) is 0 Å². The zero-order valence-corrected chi connectivity index (χ0v) is 9.44. The monoisotopic (exact) mass is 242 g/mol. The van der Waals surface area contributed by atoms with Crippen molar-refractivity contribution in [3.05, 3.63) is 24.3 Å². The molecule has 4 rings (SSSR count). The molecule has 0 fully saturated rings. The van der Waals surface area contributed by atoms with E-state index < -0.39 is 0 Å². The molecule has 0 atom stereocenters. The minimum Gasteiger partial charge on any atom is -0.271 e. The quantitative estimate of drug-likeness (QED) is 0.600. The van der Waals surface area contributed by atoms with Crippen LogP contribution < -0.4 is 0 Å². The van der Waals surface area contributed by atoms with E-state index in [2.05, 4.69) is 15.1 Å². The smallest absolute Gasteiger partial charge is 0.259 e. The number of para-hydroxylation sites is 1. The average molecular weight is 242 g/mol. The van der Waals surface area contributed by atoms with Gasteiger partial charge in [-0.05, 0) is 6.07 Å². The maximum Gasteiger partial charge on any atom is 0.259 e. The van der Waals surface area contributed by atoms with Gasteiger partial charge in [-0.2, -0.15) is 9.78 Å². The summed E-state index contributed by atoms with van der Waals surface area (Å²) in [6, 6.07) is 7.72. The molecular formula is C11H6N4OS. The van der Waals surface area contributed by atoms with Gasteiger partial charge >= 0.3 is 0 Å². The lowest BCUT2D eigenvalue weighted by molar-refractivity contribution is 0.0919. The number of nitrogens with zero attached hydrogens (tertiary/aromatic N) is 4. The number of fused-ring (bicyclic) bond motifs is 4. The molecule has 5 nitrogen and oxygen atoms in total. The highest BCUT2D eigenvalue weighted by Gasteiger charge is 2.26. The zero-order chi connectivity index (χ0) is 11.4. The van der Waals surface area contributed by atoms with Gasteiger partial charge in [0.2, 0.25) is 0 Å². The maximum absolute atomic E-state index is 11.6. The number of benzene rings is 1. The minimum atomic E-state index is -0.0234. The number of thioether (sulfide) groups is 1. The summed E-state index contributed by atoms with van der Waals surface area (Å²) in [6.45, 7) is 0. The summed E-state index contributed by atoms with van der Waals surface area (Å²) >= 11 is 1.40. The molecule has 0 unspecified atom stereocenters. The third kappa shape index (κ3) is 1.15. The first-order valence-electron chi connectivity index (χ1n) is 5.14. The van der Waals surface area contributed by atoms with Crippen molar-refractivity contribution < 1.29 is 4.79 Å². The third-order valence-electron chi connectivity index (χ3n) is 2.74. The van der Waals surface area contributed by atoms with Crippen molar-refractivity contribution in [2.24, 2.45) is 0 Å². The van der Waals surface area contributed by atoms with E-state index in [1.165, 1.54) is 16.4 Å². The van der Waals surface area contributed by atoms with Crippen LogP contribution in [0.1, 0.15) is 4.79 Å². The highest BCUT2D eigenvalue weighted by molar-refractivity contribution is 8.00. The van der Waals surface area contributed by atoms with Gasteiger partial charge in [-0.1, -0.05) is 30.0 Å². The van der Waals surface area contributed by atoms with Gasteiger partial charge in [-0.15, -0.1) is 0 Å². The SMILES string of the molecule is O=C1CSc2nc3nc4ccccc4c-3nn21. The first-order chi connectivity index (χ1) is 8.33. The van der Waals surface area contributed by atoms with Crippen molar-refractivity contribution in [3.8, 4) is 11.5 Å². The van der Waals surface area contributed by atoms with Crippen molar-refractivity contribution in [3.63, 3.8) is 0 Å². The Labute approximate surface area is 100 Å². The molecule has 1 aromatic carbocycles. The van der Waals surface area contributed by atoms with Crippen molar-refractivity contribution in [2.75, 3.05) is 5.75 Å². The third-order valence-corrected chi connectivity index (χ3v) is 3.65. The predicted molar refractivity (Wildman–Crippen MR) is 63.3 cm³/mol. The van der Waals surface area contributed by atoms with Gasteiger partial charge in [0.1, 0.15) is 5.69 Å². The molecule has 0 aliphatic carbocycles. The first kappa shape index (κ1) is 9.12. The van der Waals surface area contributed by atoms with Crippen LogP contribution in [-0.4, -0.2) is 31.4 Å². The highest BCUT2D eigenvalue weighted by atomic mass is 32.2. The predicted octanol–water partition coefficient (Wildman–Crippen LogP) is 1.68. The second kappa shape index (κ2) is 3.04. The van der Waals surface area contributed by atoms with E-state index in [-0.39, 0.29) is 5.91 Å². The Balaban J connectivity index is 2.15. The Morgan fingerprint density at radius 1 is 1.24 bits per heavy atom. The normalized spacial score (nSPS) is 14.7. The summed E-state index contributed by atoms with van der Waals surface area (Å²) in [7, 11) is 0. The molecule has 0 N–H and O–H groups in total. The largest absolute Gasteiger partial charge is 0.271 e. The fraction of sp³-hybridized carbons (Fsp3) is 0.0909. The summed E-state index contributed by atoms with van der Waals surface area (Å²) in [6.07, 6.45) is 0. The molecule has 0 saturated carbocycles. The number of aromatic nitrogens is 4. The van der Waals surface area contributed by atoms with Gasteiger partial charge in [0.25, 0.3) is 5.91 Å². The van der Waals surface area contributed by atoms with Crippen LogP contribution in [0, 0.1) is 0 Å². The van der Waals surface area contributed by atoms with Crippen LogP contribution >= 0.6 is 11.8 Å². The Morgan fingerprint density at radius 3 is 3.06 bits per heavy atom. The Bertz CT molecular complexity index is 736. The number of carbonyl (C=O) groups is 1.